The highest BCUT2D eigenvalue weighted by molar-refractivity contribution is 7.14. The molecule has 0 saturated heterocycles. The van der Waals surface area contributed by atoms with Gasteiger partial charge in [-0.2, -0.15) is 0 Å². The average molecular weight is 248 g/mol. The standard InChI is InChI=1S/C14H16O2S/c1-9-10(7-8-16-9)13(15)11-5-6-12(17-11)14(2,3)4/h5-8H,1-4H3. The van der Waals surface area contributed by atoms with Crippen molar-refractivity contribution >= 4 is 17.1 Å². The molecule has 0 spiro atoms. The second kappa shape index (κ2) is 4.15. The molecular formula is C14H16O2S. The van der Waals surface area contributed by atoms with Crippen LogP contribution in [0, 0.1) is 6.92 Å². The Morgan fingerprint density at radius 3 is 2.41 bits per heavy atom. The van der Waals surface area contributed by atoms with E-state index in [-0.39, 0.29) is 11.2 Å². The third-order valence-corrected chi connectivity index (χ3v) is 4.18. The first kappa shape index (κ1) is 12.1. The minimum Gasteiger partial charge on any atom is -0.469 e. The number of aryl methyl sites for hydroxylation is 1. The Balaban J connectivity index is 2.33. The molecule has 0 fully saturated rings. The maximum Gasteiger partial charge on any atom is 0.206 e. The molecule has 0 atom stereocenters. The molecule has 90 valence electrons. The SMILES string of the molecule is Cc1occc1C(=O)c1ccc(C(C)(C)C)s1. The van der Waals surface area contributed by atoms with Crippen LogP contribution in [0.15, 0.2) is 28.9 Å². The topological polar surface area (TPSA) is 30.2 Å². The van der Waals surface area contributed by atoms with Crippen molar-refractivity contribution in [2.45, 2.75) is 33.1 Å². The predicted molar refractivity (Wildman–Crippen MR) is 69.9 cm³/mol. The van der Waals surface area contributed by atoms with Gasteiger partial charge >= 0.3 is 0 Å². The van der Waals surface area contributed by atoms with E-state index in [2.05, 4.69) is 20.8 Å². The third kappa shape index (κ3) is 2.34. The lowest BCUT2D eigenvalue weighted by molar-refractivity contribution is 0.104. The van der Waals surface area contributed by atoms with Gasteiger partial charge in [-0.05, 0) is 30.5 Å². The molecule has 2 heterocycles. The fourth-order valence-electron chi connectivity index (χ4n) is 1.62. The summed E-state index contributed by atoms with van der Waals surface area (Å²) in [7, 11) is 0. The summed E-state index contributed by atoms with van der Waals surface area (Å²) in [6, 6.07) is 5.67. The Bertz CT molecular complexity index is 541. The van der Waals surface area contributed by atoms with Gasteiger partial charge in [-0.1, -0.05) is 20.8 Å². The number of carbonyl (C=O) groups excluding carboxylic acids is 1. The van der Waals surface area contributed by atoms with Gasteiger partial charge < -0.3 is 4.42 Å². The predicted octanol–water partition coefficient (Wildman–Crippen LogP) is 4.18. The Morgan fingerprint density at radius 1 is 1.24 bits per heavy atom. The summed E-state index contributed by atoms with van der Waals surface area (Å²) in [5.74, 6) is 0.734. The van der Waals surface area contributed by atoms with Crippen LogP contribution in [-0.2, 0) is 5.41 Å². The van der Waals surface area contributed by atoms with Crippen LogP contribution in [0.5, 0.6) is 0 Å². The molecule has 0 amide bonds. The molecule has 2 rings (SSSR count). The second-order valence-electron chi connectivity index (χ2n) is 5.13. The lowest BCUT2D eigenvalue weighted by Crippen LogP contribution is -2.08. The molecule has 0 unspecified atom stereocenters. The summed E-state index contributed by atoms with van der Waals surface area (Å²) >= 11 is 1.56. The Labute approximate surface area is 105 Å². The zero-order valence-electron chi connectivity index (χ0n) is 10.5. The van der Waals surface area contributed by atoms with Crippen molar-refractivity contribution in [2.75, 3.05) is 0 Å². The zero-order valence-corrected chi connectivity index (χ0v) is 11.4. The largest absolute Gasteiger partial charge is 0.469 e. The smallest absolute Gasteiger partial charge is 0.206 e. The quantitative estimate of drug-likeness (QED) is 0.746. The highest BCUT2D eigenvalue weighted by atomic mass is 32.1. The van der Waals surface area contributed by atoms with Crippen molar-refractivity contribution in [3.8, 4) is 0 Å². The molecule has 0 aromatic carbocycles. The van der Waals surface area contributed by atoms with Crippen LogP contribution in [0.3, 0.4) is 0 Å². The average Bonchev–Trinajstić information content (AvgIpc) is 2.83. The lowest BCUT2D eigenvalue weighted by atomic mass is 9.95. The summed E-state index contributed by atoms with van der Waals surface area (Å²) in [5, 5.41) is 0. The van der Waals surface area contributed by atoms with Crippen molar-refractivity contribution in [2.24, 2.45) is 0 Å². The lowest BCUT2D eigenvalue weighted by Gasteiger charge is -2.15. The molecule has 0 aliphatic carbocycles. The molecule has 3 heteroatoms. The van der Waals surface area contributed by atoms with Gasteiger partial charge in [0.15, 0.2) is 0 Å². The van der Waals surface area contributed by atoms with Crippen molar-refractivity contribution in [3.63, 3.8) is 0 Å². The minimum atomic E-state index is 0.0525. The Kier molecular flexibility index (Phi) is 2.96. The van der Waals surface area contributed by atoms with E-state index < -0.39 is 0 Å². The van der Waals surface area contributed by atoms with Crippen LogP contribution in [0.1, 0.15) is 46.6 Å². The van der Waals surface area contributed by atoms with Gasteiger partial charge in [0.1, 0.15) is 5.76 Å². The highest BCUT2D eigenvalue weighted by Gasteiger charge is 2.20. The summed E-state index contributed by atoms with van der Waals surface area (Å²) < 4.78 is 5.16. The zero-order chi connectivity index (χ0) is 12.6. The van der Waals surface area contributed by atoms with E-state index in [1.54, 1.807) is 23.7 Å². The molecule has 2 aromatic heterocycles. The molecule has 0 N–H and O–H groups in total. The van der Waals surface area contributed by atoms with E-state index in [9.17, 15) is 4.79 Å². The summed E-state index contributed by atoms with van der Waals surface area (Å²) in [4.78, 5) is 14.2. The second-order valence-corrected chi connectivity index (χ2v) is 6.22. The highest BCUT2D eigenvalue weighted by Crippen LogP contribution is 2.31. The van der Waals surface area contributed by atoms with Crippen molar-refractivity contribution in [1.82, 2.24) is 0 Å². The van der Waals surface area contributed by atoms with Gasteiger partial charge in [0.2, 0.25) is 5.78 Å². The summed E-state index contributed by atoms with van der Waals surface area (Å²) in [6.07, 6.45) is 1.56. The van der Waals surface area contributed by atoms with E-state index >= 15 is 0 Å². The Morgan fingerprint density at radius 2 is 1.94 bits per heavy atom. The monoisotopic (exact) mass is 248 g/mol. The molecule has 17 heavy (non-hydrogen) atoms. The molecule has 0 bridgehead atoms. The molecule has 0 aliphatic rings. The van der Waals surface area contributed by atoms with Gasteiger partial charge in [0.05, 0.1) is 16.7 Å². The maximum absolute atomic E-state index is 12.2. The van der Waals surface area contributed by atoms with E-state index in [1.807, 2.05) is 19.1 Å². The number of rotatable bonds is 2. The van der Waals surface area contributed by atoms with Crippen LogP contribution < -0.4 is 0 Å². The van der Waals surface area contributed by atoms with Crippen LogP contribution in [0.2, 0.25) is 0 Å². The number of thiophene rings is 1. The van der Waals surface area contributed by atoms with Crippen molar-refractivity contribution in [3.05, 3.63) is 45.5 Å². The van der Waals surface area contributed by atoms with Crippen molar-refractivity contribution in [1.29, 1.82) is 0 Å². The molecular weight excluding hydrogens is 232 g/mol. The molecule has 2 aromatic rings. The number of hydrogen-bond donors (Lipinski definition) is 0. The van der Waals surface area contributed by atoms with Crippen LogP contribution in [-0.4, -0.2) is 5.78 Å². The van der Waals surface area contributed by atoms with Gasteiger partial charge in [-0.25, -0.2) is 0 Å². The molecule has 0 aliphatic heterocycles. The van der Waals surface area contributed by atoms with E-state index in [0.29, 0.717) is 11.3 Å². The van der Waals surface area contributed by atoms with Crippen molar-refractivity contribution < 1.29 is 9.21 Å². The maximum atomic E-state index is 12.2. The molecule has 0 saturated carbocycles. The van der Waals surface area contributed by atoms with Gasteiger partial charge in [0.25, 0.3) is 0 Å². The molecule has 0 radical (unpaired) electrons. The molecule has 2 nitrogen and oxygen atoms in total. The van der Waals surface area contributed by atoms with Gasteiger partial charge in [-0.15, -0.1) is 11.3 Å². The summed E-state index contributed by atoms with van der Waals surface area (Å²) in [5.41, 5.74) is 0.751. The first-order valence-corrected chi connectivity index (χ1v) is 6.40. The third-order valence-electron chi connectivity index (χ3n) is 2.67. The fourth-order valence-corrected chi connectivity index (χ4v) is 2.63. The van der Waals surface area contributed by atoms with Crippen LogP contribution in [0.4, 0.5) is 0 Å². The number of hydrogen-bond acceptors (Lipinski definition) is 3. The fraction of sp³-hybridized carbons (Fsp3) is 0.357. The first-order valence-electron chi connectivity index (χ1n) is 5.58. The normalized spacial score (nSPS) is 11.8. The number of furan rings is 1. The minimum absolute atomic E-state index is 0.0525. The van der Waals surface area contributed by atoms with Crippen LogP contribution >= 0.6 is 11.3 Å². The summed E-state index contributed by atoms with van der Waals surface area (Å²) in [6.45, 7) is 8.26. The van der Waals surface area contributed by atoms with Gasteiger partial charge in [-0.3, -0.25) is 4.79 Å². The first-order chi connectivity index (χ1) is 7.89. The number of carbonyl (C=O) groups is 1. The van der Waals surface area contributed by atoms with E-state index in [4.69, 9.17) is 4.42 Å². The Hall–Kier alpha value is -1.35. The van der Waals surface area contributed by atoms with Gasteiger partial charge in [0, 0.05) is 4.88 Å². The van der Waals surface area contributed by atoms with E-state index in [1.165, 1.54) is 4.88 Å². The van der Waals surface area contributed by atoms with E-state index in [0.717, 1.165) is 4.88 Å². The van der Waals surface area contributed by atoms with Crippen LogP contribution in [0.25, 0.3) is 0 Å². The number of ketones is 1.